The Morgan fingerprint density at radius 2 is 2.00 bits per heavy atom. The molecule has 0 saturated carbocycles. The molecule has 1 aromatic carbocycles. The van der Waals surface area contributed by atoms with E-state index in [1.54, 1.807) is 6.07 Å². The molecule has 2 aliphatic heterocycles. The van der Waals surface area contributed by atoms with Crippen molar-refractivity contribution in [1.82, 2.24) is 4.90 Å². The van der Waals surface area contributed by atoms with E-state index in [9.17, 15) is 4.79 Å². The van der Waals surface area contributed by atoms with Crippen LogP contribution in [-0.4, -0.2) is 23.1 Å². The largest absolute Gasteiger partial charge is 0.348 e. The first-order chi connectivity index (χ1) is 8.63. The Hall–Kier alpha value is -1.06. The Balaban J connectivity index is 2.05. The topological polar surface area (TPSA) is 32.7 Å². The number of hydrogen-bond acceptors (Lipinski definition) is 3. The van der Waals surface area contributed by atoms with Crippen molar-refractivity contribution < 1.29 is 4.79 Å². The molecule has 3 rings (SSSR count). The third-order valence-corrected chi connectivity index (χ3v) is 3.88. The van der Waals surface area contributed by atoms with Crippen LogP contribution in [0.5, 0.6) is 0 Å². The maximum Gasteiger partial charge on any atom is 0.152 e. The van der Waals surface area contributed by atoms with Crippen LogP contribution in [0.4, 0.5) is 5.69 Å². The molecule has 1 aromatic rings. The quantitative estimate of drug-likeness (QED) is 0.729. The van der Waals surface area contributed by atoms with Crippen molar-refractivity contribution in [2.45, 2.75) is 25.8 Å². The van der Waals surface area contributed by atoms with Crippen molar-refractivity contribution in [3.05, 3.63) is 27.7 Å². The molecule has 2 heterocycles. The molecule has 1 fully saturated rings. The van der Waals surface area contributed by atoms with Crippen molar-refractivity contribution in [2.75, 3.05) is 6.54 Å². The van der Waals surface area contributed by atoms with Gasteiger partial charge in [-0.1, -0.05) is 23.2 Å². The minimum atomic E-state index is 0.272. The Morgan fingerprint density at radius 3 is 2.83 bits per heavy atom. The number of carbonyl (C=O) groups excluding carboxylic acids is 1. The van der Waals surface area contributed by atoms with Crippen molar-refractivity contribution in [3.63, 3.8) is 0 Å². The molecule has 0 atom stereocenters. The van der Waals surface area contributed by atoms with Crippen LogP contribution in [-0.2, 0) is 11.3 Å². The molecule has 0 unspecified atom stereocenters. The van der Waals surface area contributed by atoms with E-state index in [2.05, 4.69) is 4.99 Å². The number of aliphatic imine (C=N–C) groups is 1. The molecule has 0 bridgehead atoms. The molecular formula is C13H12Cl2N2O. The molecule has 0 N–H and O–H groups in total. The Morgan fingerprint density at radius 1 is 1.17 bits per heavy atom. The molecule has 94 valence electrons. The molecule has 2 aliphatic rings. The molecule has 0 aliphatic carbocycles. The Bertz CT molecular complexity index is 554. The van der Waals surface area contributed by atoms with Crippen molar-refractivity contribution in [3.8, 4) is 0 Å². The first kappa shape index (κ1) is 12.0. The lowest BCUT2D eigenvalue weighted by molar-refractivity contribution is -0.119. The van der Waals surface area contributed by atoms with Crippen LogP contribution in [0.3, 0.4) is 0 Å². The van der Waals surface area contributed by atoms with E-state index < -0.39 is 0 Å². The average molecular weight is 283 g/mol. The highest BCUT2D eigenvalue weighted by atomic mass is 35.5. The van der Waals surface area contributed by atoms with Gasteiger partial charge in [0.05, 0.1) is 12.2 Å². The van der Waals surface area contributed by atoms with E-state index >= 15 is 0 Å². The monoisotopic (exact) mass is 282 g/mol. The number of benzene rings is 1. The number of amidine groups is 1. The van der Waals surface area contributed by atoms with Gasteiger partial charge in [-0.3, -0.25) is 4.79 Å². The summed E-state index contributed by atoms with van der Waals surface area (Å²) < 4.78 is 0. The number of Topliss-reactive ketones (excluding diaryl/α,β-unsaturated/α-hetero) is 1. The van der Waals surface area contributed by atoms with Crippen LogP contribution in [0.15, 0.2) is 17.1 Å². The predicted molar refractivity (Wildman–Crippen MR) is 72.8 cm³/mol. The van der Waals surface area contributed by atoms with Gasteiger partial charge in [0.1, 0.15) is 5.84 Å². The summed E-state index contributed by atoms with van der Waals surface area (Å²) >= 11 is 12.2. The van der Waals surface area contributed by atoms with Gasteiger partial charge in [0.2, 0.25) is 0 Å². The van der Waals surface area contributed by atoms with Crippen LogP contribution < -0.4 is 0 Å². The van der Waals surface area contributed by atoms with Gasteiger partial charge in [-0.2, -0.15) is 0 Å². The highest BCUT2D eigenvalue weighted by Gasteiger charge is 2.25. The van der Waals surface area contributed by atoms with Crippen molar-refractivity contribution in [2.24, 2.45) is 4.99 Å². The lowest BCUT2D eigenvalue weighted by Crippen LogP contribution is -2.34. The normalized spacial score (nSPS) is 18.9. The number of halogens is 2. The highest BCUT2D eigenvalue weighted by molar-refractivity contribution is 6.35. The van der Waals surface area contributed by atoms with Gasteiger partial charge in [-0.15, -0.1) is 0 Å². The average Bonchev–Trinajstić information content (AvgIpc) is 2.47. The molecule has 0 spiro atoms. The van der Waals surface area contributed by atoms with Crippen molar-refractivity contribution in [1.29, 1.82) is 0 Å². The van der Waals surface area contributed by atoms with Crippen LogP contribution in [0.25, 0.3) is 0 Å². The van der Waals surface area contributed by atoms with E-state index in [4.69, 9.17) is 23.2 Å². The number of ketones is 1. The van der Waals surface area contributed by atoms with E-state index in [-0.39, 0.29) is 5.78 Å². The van der Waals surface area contributed by atoms with Gasteiger partial charge in [0, 0.05) is 35.0 Å². The highest BCUT2D eigenvalue weighted by Crippen LogP contribution is 2.36. The zero-order valence-corrected chi connectivity index (χ0v) is 11.3. The lowest BCUT2D eigenvalue weighted by Gasteiger charge is -2.29. The second-order valence-electron chi connectivity index (χ2n) is 4.66. The number of hydrogen-bond donors (Lipinski definition) is 0. The fourth-order valence-corrected chi connectivity index (χ4v) is 2.98. The SMILES string of the molecule is O=C1CCCC2=Nc3cc(Cl)cc(Cl)c3CN2C1. The molecular weight excluding hydrogens is 271 g/mol. The van der Waals surface area contributed by atoms with E-state index in [0.717, 1.165) is 29.9 Å². The number of fused-ring (bicyclic) bond motifs is 2. The maximum atomic E-state index is 11.6. The fraction of sp³-hybridized carbons (Fsp3) is 0.385. The van der Waals surface area contributed by atoms with E-state index in [1.165, 1.54) is 0 Å². The number of rotatable bonds is 0. The first-order valence-electron chi connectivity index (χ1n) is 5.95. The van der Waals surface area contributed by atoms with Crippen molar-refractivity contribution >= 4 is 40.5 Å². The summed E-state index contributed by atoms with van der Waals surface area (Å²) in [6.45, 7) is 1.09. The molecule has 0 aromatic heterocycles. The molecule has 3 nitrogen and oxygen atoms in total. The zero-order valence-electron chi connectivity index (χ0n) is 9.75. The molecule has 1 saturated heterocycles. The minimum absolute atomic E-state index is 0.272. The van der Waals surface area contributed by atoms with E-state index in [0.29, 0.717) is 29.6 Å². The number of carbonyl (C=O) groups is 1. The summed E-state index contributed by atoms with van der Waals surface area (Å²) in [5.41, 5.74) is 1.80. The smallest absolute Gasteiger partial charge is 0.152 e. The summed E-state index contributed by atoms with van der Waals surface area (Å²) in [6, 6.07) is 3.56. The molecule has 18 heavy (non-hydrogen) atoms. The summed E-state index contributed by atoms with van der Waals surface area (Å²) in [7, 11) is 0. The second kappa shape index (κ2) is 4.56. The summed E-state index contributed by atoms with van der Waals surface area (Å²) in [6.07, 6.45) is 2.35. The zero-order chi connectivity index (χ0) is 12.7. The summed E-state index contributed by atoms with van der Waals surface area (Å²) in [4.78, 5) is 18.3. The Labute approximate surface area is 115 Å². The molecule has 0 amide bonds. The predicted octanol–water partition coefficient (Wildman–Crippen LogP) is 3.59. The first-order valence-corrected chi connectivity index (χ1v) is 6.71. The summed E-state index contributed by atoms with van der Waals surface area (Å²) in [5.74, 6) is 1.25. The third kappa shape index (κ3) is 2.13. The molecule has 5 heteroatoms. The van der Waals surface area contributed by atoms with Gasteiger partial charge in [0.15, 0.2) is 5.78 Å². The van der Waals surface area contributed by atoms with Crippen LogP contribution in [0.2, 0.25) is 10.0 Å². The maximum absolute atomic E-state index is 11.6. The van der Waals surface area contributed by atoms with Gasteiger partial charge in [-0.05, 0) is 18.6 Å². The lowest BCUT2D eigenvalue weighted by atomic mass is 10.1. The summed E-state index contributed by atoms with van der Waals surface area (Å²) in [5, 5.41) is 1.22. The van der Waals surface area contributed by atoms with Gasteiger partial charge in [-0.25, -0.2) is 4.99 Å². The second-order valence-corrected chi connectivity index (χ2v) is 5.51. The molecule has 0 radical (unpaired) electrons. The van der Waals surface area contributed by atoms with Gasteiger partial charge < -0.3 is 4.90 Å². The van der Waals surface area contributed by atoms with Gasteiger partial charge in [0.25, 0.3) is 0 Å². The standard InChI is InChI=1S/C13H12Cl2N2O/c14-8-4-11(15)10-7-17-6-9(18)2-1-3-13(17)16-12(10)5-8/h4-5H,1-3,6-7H2. The van der Waals surface area contributed by atoms with Gasteiger partial charge >= 0.3 is 0 Å². The Kier molecular flexibility index (Phi) is 3.04. The van der Waals surface area contributed by atoms with Crippen LogP contribution >= 0.6 is 23.2 Å². The van der Waals surface area contributed by atoms with Crippen LogP contribution in [0, 0.1) is 0 Å². The van der Waals surface area contributed by atoms with Crippen LogP contribution in [0.1, 0.15) is 24.8 Å². The fourth-order valence-electron chi connectivity index (χ4n) is 2.43. The minimum Gasteiger partial charge on any atom is -0.348 e. The third-order valence-electron chi connectivity index (χ3n) is 3.32. The number of nitrogens with zero attached hydrogens (tertiary/aromatic N) is 2. The van der Waals surface area contributed by atoms with E-state index in [1.807, 2.05) is 11.0 Å².